The summed E-state index contributed by atoms with van der Waals surface area (Å²) in [5.74, 6) is 0.0841. The molecule has 5 nitrogen and oxygen atoms in total. The van der Waals surface area contributed by atoms with Gasteiger partial charge in [-0.1, -0.05) is 12.1 Å². The summed E-state index contributed by atoms with van der Waals surface area (Å²) in [5, 5.41) is 3.53. The molecule has 0 radical (unpaired) electrons. The molecule has 0 saturated heterocycles. The monoisotopic (exact) mass is 396 g/mol. The van der Waals surface area contributed by atoms with Gasteiger partial charge in [-0.25, -0.2) is 9.37 Å². The van der Waals surface area contributed by atoms with Crippen LogP contribution in [0.25, 0.3) is 11.0 Å². The lowest BCUT2D eigenvalue weighted by atomic mass is 10.2. The van der Waals surface area contributed by atoms with Gasteiger partial charge in [-0.15, -0.1) is 11.8 Å². The molecule has 2 aromatic heterocycles. The Labute approximate surface area is 163 Å². The average molecular weight is 396 g/mol. The highest BCUT2D eigenvalue weighted by molar-refractivity contribution is 7.98. The Morgan fingerprint density at radius 3 is 2.70 bits per heavy atom. The van der Waals surface area contributed by atoms with Gasteiger partial charge in [0.1, 0.15) is 16.9 Å². The second kappa shape index (κ2) is 7.81. The summed E-state index contributed by atoms with van der Waals surface area (Å²) in [5.41, 5.74) is 3.90. The van der Waals surface area contributed by atoms with E-state index in [4.69, 9.17) is 0 Å². The lowest BCUT2D eigenvalue weighted by Gasteiger charge is -2.06. The van der Waals surface area contributed by atoms with Crippen molar-refractivity contribution in [3.05, 3.63) is 77.7 Å². The molecule has 2 aromatic carbocycles. The Morgan fingerprint density at radius 1 is 1.07 bits per heavy atom. The number of pyridine rings is 1. The van der Waals surface area contributed by atoms with E-state index in [2.05, 4.69) is 19.0 Å². The fourth-order valence-corrected chi connectivity index (χ4v) is 3.86. The van der Waals surface area contributed by atoms with E-state index in [1.54, 1.807) is 17.8 Å². The zero-order valence-corrected chi connectivity index (χ0v) is 15.6. The van der Waals surface area contributed by atoms with E-state index in [0.717, 1.165) is 27.4 Å². The van der Waals surface area contributed by atoms with Gasteiger partial charge in [-0.3, -0.25) is 4.79 Å². The maximum atomic E-state index is 12.9. The van der Waals surface area contributed by atoms with Crippen LogP contribution in [0.2, 0.25) is 0 Å². The number of carbonyl (C=O) groups is 1. The van der Waals surface area contributed by atoms with Crippen LogP contribution < -0.4 is 5.32 Å². The fraction of sp³-hybridized carbons (Fsp3) is 0.0526. The van der Waals surface area contributed by atoms with Crippen molar-refractivity contribution in [3.63, 3.8) is 0 Å². The van der Waals surface area contributed by atoms with Crippen LogP contribution in [-0.2, 0) is 5.75 Å². The number of hydrogen-bond donors (Lipinski definition) is 1. The highest BCUT2D eigenvalue weighted by Crippen LogP contribution is 2.25. The van der Waals surface area contributed by atoms with E-state index >= 15 is 0 Å². The minimum Gasteiger partial charge on any atom is -0.322 e. The van der Waals surface area contributed by atoms with Crippen molar-refractivity contribution < 1.29 is 9.18 Å². The molecule has 134 valence electrons. The van der Waals surface area contributed by atoms with Crippen LogP contribution in [0.5, 0.6) is 0 Å². The number of anilines is 1. The van der Waals surface area contributed by atoms with Crippen LogP contribution >= 0.6 is 23.5 Å². The van der Waals surface area contributed by atoms with Crippen molar-refractivity contribution in [3.8, 4) is 0 Å². The molecule has 0 saturated carbocycles. The standard InChI is InChI=1S/C19H13FN4OS2/c20-14-5-7-15(8-6-14)22-19(25)12-4-9-17(21-10-12)26-11-13-2-1-3-16-18(13)24-27-23-16/h1-10H,11H2,(H,22,25). The first-order valence-electron chi connectivity index (χ1n) is 8.05. The van der Waals surface area contributed by atoms with Crippen LogP contribution in [-0.4, -0.2) is 19.6 Å². The molecule has 2 heterocycles. The third-order valence-corrected chi connectivity index (χ3v) is 5.38. The van der Waals surface area contributed by atoms with Crippen molar-refractivity contribution in [2.45, 2.75) is 10.8 Å². The summed E-state index contributed by atoms with van der Waals surface area (Å²) >= 11 is 2.78. The molecule has 0 spiro atoms. The van der Waals surface area contributed by atoms with Crippen LogP contribution in [0.3, 0.4) is 0 Å². The van der Waals surface area contributed by atoms with Crippen LogP contribution in [0.15, 0.2) is 65.8 Å². The smallest absolute Gasteiger partial charge is 0.257 e. The topological polar surface area (TPSA) is 67.8 Å². The quantitative estimate of drug-likeness (QED) is 0.492. The van der Waals surface area contributed by atoms with Crippen LogP contribution in [0.4, 0.5) is 10.1 Å². The zero-order valence-electron chi connectivity index (χ0n) is 13.9. The number of amides is 1. The molecular weight excluding hydrogens is 383 g/mol. The lowest BCUT2D eigenvalue weighted by molar-refractivity contribution is 0.102. The largest absolute Gasteiger partial charge is 0.322 e. The van der Waals surface area contributed by atoms with Crippen molar-refractivity contribution in [1.82, 2.24) is 13.7 Å². The summed E-state index contributed by atoms with van der Waals surface area (Å²) in [6, 6.07) is 15.1. The van der Waals surface area contributed by atoms with E-state index in [9.17, 15) is 9.18 Å². The van der Waals surface area contributed by atoms with Gasteiger partial charge >= 0.3 is 0 Å². The number of carbonyl (C=O) groups excluding carboxylic acids is 1. The van der Waals surface area contributed by atoms with E-state index in [1.165, 1.54) is 42.2 Å². The van der Waals surface area contributed by atoms with Gasteiger partial charge in [0.25, 0.3) is 5.91 Å². The predicted octanol–water partition coefficient (Wildman–Crippen LogP) is 4.77. The summed E-state index contributed by atoms with van der Waals surface area (Å²) in [4.78, 5) is 16.6. The van der Waals surface area contributed by atoms with Gasteiger partial charge in [0.2, 0.25) is 0 Å². The number of fused-ring (bicyclic) bond motifs is 1. The molecule has 4 aromatic rings. The number of benzene rings is 2. The van der Waals surface area contributed by atoms with Gasteiger partial charge < -0.3 is 5.32 Å². The van der Waals surface area contributed by atoms with Crippen molar-refractivity contribution in [2.24, 2.45) is 0 Å². The van der Waals surface area contributed by atoms with Gasteiger partial charge in [0.15, 0.2) is 0 Å². The number of nitrogens with zero attached hydrogens (tertiary/aromatic N) is 3. The van der Waals surface area contributed by atoms with Crippen molar-refractivity contribution >= 4 is 46.1 Å². The minimum atomic E-state index is -0.347. The summed E-state index contributed by atoms with van der Waals surface area (Å²) in [6.45, 7) is 0. The number of rotatable bonds is 5. The number of halogens is 1. The second-order valence-corrected chi connectivity index (χ2v) is 7.21. The molecule has 27 heavy (non-hydrogen) atoms. The molecule has 0 aliphatic heterocycles. The van der Waals surface area contributed by atoms with Gasteiger partial charge in [0, 0.05) is 17.6 Å². The molecule has 0 atom stereocenters. The van der Waals surface area contributed by atoms with E-state index in [1.807, 2.05) is 24.3 Å². The molecule has 8 heteroatoms. The third-order valence-electron chi connectivity index (χ3n) is 3.85. The van der Waals surface area contributed by atoms with Gasteiger partial charge in [-0.05, 0) is 48.0 Å². The first-order chi connectivity index (χ1) is 13.2. The molecule has 0 aliphatic rings. The second-order valence-electron chi connectivity index (χ2n) is 5.68. The molecule has 4 rings (SSSR count). The van der Waals surface area contributed by atoms with Crippen molar-refractivity contribution in [2.75, 3.05) is 5.32 Å². The summed E-state index contributed by atoms with van der Waals surface area (Å²) < 4.78 is 21.5. The maximum Gasteiger partial charge on any atom is 0.257 e. The summed E-state index contributed by atoms with van der Waals surface area (Å²) in [6.07, 6.45) is 1.53. The molecule has 1 N–H and O–H groups in total. The number of nitrogens with one attached hydrogen (secondary N) is 1. The van der Waals surface area contributed by atoms with Gasteiger partial charge in [-0.2, -0.15) is 8.75 Å². The molecule has 0 aliphatic carbocycles. The molecule has 1 amide bonds. The Hall–Kier alpha value is -2.84. The fourth-order valence-electron chi connectivity index (χ4n) is 2.47. The lowest BCUT2D eigenvalue weighted by Crippen LogP contribution is -2.12. The predicted molar refractivity (Wildman–Crippen MR) is 106 cm³/mol. The number of aromatic nitrogens is 3. The normalized spacial score (nSPS) is 10.9. The average Bonchev–Trinajstić information content (AvgIpc) is 3.18. The number of thioether (sulfide) groups is 1. The molecule has 0 unspecified atom stereocenters. The Morgan fingerprint density at radius 2 is 1.93 bits per heavy atom. The molecule has 0 bridgehead atoms. The summed E-state index contributed by atoms with van der Waals surface area (Å²) in [7, 11) is 0. The van der Waals surface area contributed by atoms with Crippen molar-refractivity contribution in [1.29, 1.82) is 0 Å². The van der Waals surface area contributed by atoms with Crippen LogP contribution in [0, 0.1) is 5.82 Å². The first-order valence-corrected chi connectivity index (χ1v) is 9.76. The Kier molecular flexibility index (Phi) is 5.08. The van der Waals surface area contributed by atoms with E-state index < -0.39 is 0 Å². The molecular formula is C19H13FN4OS2. The van der Waals surface area contributed by atoms with Gasteiger partial charge in [0.05, 0.1) is 22.3 Å². The van der Waals surface area contributed by atoms with Crippen LogP contribution in [0.1, 0.15) is 15.9 Å². The van der Waals surface area contributed by atoms with E-state index in [-0.39, 0.29) is 11.7 Å². The highest BCUT2D eigenvalue weighted by atomic mass is 32.2. The highest BCUT2D eigenvalue weighted by Gasteiger charge is 2.09. The SMILES string of the molecule is O=C(Nc1ccc(F)cc1)c1ccc(SCc2cccc3nsnc23)nc1. The maximum absolute atomic E-state index is 12.9. The first kappa shape index (κ1) is 17.6. The third kappa shape index (κ3) is 4.12. The number of hydrogen-bond acceptors (Lipinski definition) is 6. The van der Waals surface area contributed by atoms with E-state index in [0.29, 0.717) is 11.3 Å². The Bertz CT molecular complexity index is 1080. The molecule has 0 fully saturated rings. The zero-order chi connectivity index (χ0) is 18.6. The minimum absolute atomic E-state index is 0.288. The Balaban J connectivity index is 1.40.